The van der Waals surface area contributed by atoms with E-state index in [0.29, 0.717) is 26.1 Å². The number of aliphatic hydroxyl groups excluding tert-OH is 1. The number of hydrogen-bond donors (Lipinski definition) is 10. The van der Waals surface area contributed by atoms with Crippen LogP contribution < -0.4 is 26.6 Å². The maximum absolute atomic E-state index is 12.2. The molecule has 214 valence electrons. The minimum Gasteiger partial charge on any atom is -0.504 e. The summed E-state index contributed by atoms with van der Waals surface area (Å²) in [6.45, 7) is 2.81. The van der Waals surface area contributed by atoms with Crippen molar-refractivity contribution < 1.29 is 39.9 Å². The standard InChI is InChI=1S/C26H37N5O8/c32-16-19(31-25(38)18-7-4-9-21(34)23(18)36)26(39)30-15-14-28-11-2-1-10-27-12-5-13-29-24(37)17-6-3-8-20(33)22(17)35/h3-4,6-9,19,27-28,32-36H,1-2,5,10-16H2,(H,29,37)(H,30,39)(H,31,38). The average molecular weight is 548 g/mol. The number of aromatic hydroxyl groups is 4. The van der Waals surface area contributed by atoms with Gasteiger partial charge >= 0.3 is 0 Å². The van der Waals surface area contributed by atoms with Crippen LogP contribution in [0.15, 0.2) is 36.4 Å². The Morgan fingerprint density at radius 1 is 0.641 bits per heavy atom. The number of para-hydroxylation sites is 2. The number of hydrogen-bond acceptors (Lipinski definition) is 10. The van der Waals surface area contributed by atoms with Crippen LogP contribution in [0.25, 0.3) is 0 Å². The summed E-state index contributed by atoms with van der Waals surface area (Å²) >= 11 is 0. The lowest BCUT2D eigenvalue weighted by Crippen LogP contribution is -2.50. The molecule has 0 saturated carbocycles. The first kappa shape index (κ1) is 31.1. The number of phenolic OH excluding ortho intramolecular Hbond substituents is 4. The molecule has 39 heavy (non-hydrogen) atoms. The van der Waals surface area contributed by atoms with E-state index in [4.69, 9.17) is 0 Å². The number of unbranched alkanes of at least 4 members (excludes halogenated alkanes) is 1. The number of carbonyl (C=O) groups is 3. The Morgan fingerprint density at radius 2 is 1.18 bits per heavy atom. The van der Waals surface area contributed by atoms with Gasteiger partial charge < -0.3 is 52.1 Å². The van der Waals surface area contributed by atoms with Crippen LogP contribution in [0.5, 0.6) is 23.0 Å². The molecule has 0 aromatic heterocycles. The van der Waals surface area contributed by atoms with Gasteiger partial charge in [0, 0.05) is 19.6 Å². The third kappa shape index (κ3) is 10.3. The first-order valence-corrected chi connectivity index (χ1v) is 12.7. The van der Waals surface area contributed by atoms with Gasteiger partial charge in [0.05, 0.1) is 17.7 Å². The SMILES string of the molecule is O=C(NCCCNCCCCNCCNC(=O)C(CO)NC(=O)c1cccc(O)c1O)c1cccc(O)c1O. The van der Waals surface area contributed by atoms with Crippen molar-refractivity contribution in [2.24, 2.45) is 0 Å². The number of amides is 3. The van der Waals surface area contributed by atoms with Crippen LogP contribution in [0.2, 0.25) is 0 Å². The number of phenols is 4. The van der Waals surface area contributed by atoms with Gasteiger partial charge in [-0.2, -0.15) is 0 Å². The molecule has 1 atom stereocenters. The van der Waals surface area contributed by atoms with Gasteiger partial charge in [-0.15, -0.1) is 0 Å². The largest absolute Gasteiger partial charge is 0.504 e. The fraction of sp³-hybridized carbons (Fsp3) is 0.423. The van der Waals surface area contributed by atoms with Gasteiger partial charge in [0.2, 0.25) is 5.91 Å². The van der Waals surface area contributed by atoms with Crippen molar-refractivity contribution in [2.45, 2.75) is 25.3 Å². The van der Waals surface area contributed by atoms with Crippen molar-refractivity contribution in [1.29, 1.82) is 0 Å². The Balaban J connectivity index is 1.47. The van der Waals surface area contributed by atoms with Crippen molar-refractivity contribution >= 4 is 17.7 Å². The number of aliphatic hydroxyl groups is 1. The Morgan fingerprint density at radius 3 is 1.77 bits per heavy atom. The Bertz CT molecular complexity index is 1100. The second-order valence-electron chi connectivity index (χ2n) is 8.66. The van der Waals surface area contributed by atoms with Gasteiger partial charge in [-0.3, -0.25) is 14.4 Å². The van der Waals surface area contributed by atoms with Crippen LogP contribution in [0, 0.1) is 0 Å². The van der Waals surface area contributed by atoms with Gasteiger partial charge in [-0.05, 0) is 63.2 Å². The lowest BCUT2D eigenvalue weighted by atomic mass is 10.1. The maximum Gasteiger partial charge on any atom is 0.255 e. The van der Waals surface area contributed by atoms with Gasteiger partial charge in [0.25, 0.3) is 11.8 Å². The van der Waals surface area contributed by atoms with E-state index in [0.717, 1.165) is 25.9 Å². The summed E-state index contributed by atoms with van der Waals surface area (Å²) < 4.78 is 0. The molecule has 13 nitrogen and oxygen atoms in total. The molecule has 0 spiro atoms. The minimum atomic E-state index is -1.21. The fourth-order valence-corrected chi connectivity index (χ4v) is 3.52. The minimum absolute atomic E-state index is 0.0288. The second kappa shape index (κ2) is 16.7. The van der Waals surface area contributed by atoms with Crippen molar-refractivity contribution in [2.75, 3.05) is 45.9 Å². The molecule has 0 radical (unpaired) electrons. The molecular weight excluding hydrogens is 510 g/mol. The lowest BCUT2D eigenvalue weighted by molar-refractivity contribution is -0.123. The zero-order valence-electron chi connectivity index (χ0n) is 21.6. The zero-order valence-corrected chi connectivity index (χ0v) is 21.6. The van der Waals surface area contributed by atoms with Crippen molar-refractivity contribution in [1.82, 2.24) is 26.6 Å². The van der Waals surface area contributed by atoms with E-state index in [1.807, 2.05) is 0 Å². The summed E-state index contributed by atoms with van der Waals surface area (Å²) in [5, 5.41) is 62.0. The van der Waals surface area contributed by atoms with Crippen LogP contribution in [0.3, 0.4) is 0 Å². The number of nitrogens with one attached hydrogen (secondary N) is 5. The first-order valence-electron chi connectivity index (χ1n) is 12.7. The second-order valence-corrected chi connectivity index (χ2v) is 8.66. The highest BCUT2D eigenvalue weighted by Crippen LogP contribution is 2.28. The highest BCUT2D eigenvalue weighted by atomic mass is 16.3. The van der Waals surface area contributed by atoms with E-state index in [1.54, 1.807) is 0 Å². The molecule has 0 fully saturated rings. The van der Waals surface area contributed by atoms with E-state index < -0.39 is 47.6 Å². The van der Waals surface area contributed by atoms with Gasteiger partial charge in [0.15, 0.2) is 23.0 Å². The molecule has 10 N–H and O–H groups in total. The molecule has 2 aromatic carbocycles. The van der Waals surface area contributed by atoms with Crippen LogP contribution >= 0.6 is 0 Å². The third-order valence-electron chi connectivity index (χ3n) is 5.70. The molecule has 0 bridgehead atoms. The molecule has 3 amide bonds. The van der Waals surface area contributed by atoms with Gasteiger partial charge in [0.1, 0.15) is 6.04 Å². The van der Waals surface area contributed by atoms with E-state index >= 15 is 0 Å². The molecule has 2 aromatic rings. The van der Waals surface area contributed by atoms with Crippen LogP contribution in [-0.4, -0.2) is 95.2 Å². The normalized spacial score (nSPS) is 11.5. The summed E-state index contributed by atoms with van der Waals surface area (Å²) in [6, 6.07) is 6.88. The van der Waals surface area contributed by atoms with E-state index in [9.17, 15) is 39.9 Å². The number of benzene rings is 2. The topological polar surface area (TPSA) is 213 Å². The molecule has 0 aliphatic carbocycles. The summed E-state index contributed by atoms with van der Waals surface area (Å²) in [6.07, 6.45) is 2.52. The monoisotopic (exact) mass is 547 g/mol. The number of rotatable bonds is 17. The first-order chi connectivity index (χ1) is 18.8. The van der Waals surface area contributed by atoms with Crippen LogP contribution in [-0.2, 0) is 4.79 Å². The van der Waals surface area contributed by atoms with E-state index in [1.165, 1.54) is 36.4 Å². The van der Waals surface area contributed by atoms with Crippen molar-refractivity contribution in [3.05, 3.63) is 47.5 Å². The molecule has 0 aliphatic rings. The lowest BCUT2D eigenvalue weighted by Gasteiger charge is -2.17. The smallest absolute Gasteiger partial charge is 0.255 e. The summed E-state index contributed by atoms with van der Waals surface area (Å²) in [4.78, 5) is 36.5. The maximum atomic E-state index is 12.2. The van der Waals surface area contributed by atoms with E-state index in [-0.39, 0.29) is 23.4 Å². The zero-order chi connectivity index (χ0) is 28.6. The molecule has 13 heteroatoms. The molecule has 1 unspecified atom stereocenters. The third-order valence-corrected chi connectivity index (χ3v) is 5.70. The Kier molecular flexibility index (Phi) is 13.3. The predicted molar refractivity (Wildman–Crippen MR) is 143 cm³/mol. The van der Waals surface area contributed by atoms with Gasteiger partial charge in [-0.1, -0.05) is 12.1 Å². The molecule has 0 saturated heterocycles. The predicted octanol–water partition coefficient (Wildman–Crippen LogP) is -0.505. The molecular formula is C26H37N5O8. The fourth-order valence-electron chi connectivity index (χ4n) is 3.52. The highest BCUT2D eigenvalue weighted by molar-refractivity contribution is 6.00. The average Bonchev–Trinajstić information content (AvgIpc) is 2.92. The van der Waals surface area contributed by atoms with Crippen molar-refractivity contribution in [3.63, 3.8) is 0 Å². The molecule has 0 aliphatic heterocycles. The summed E-state index contributed by atoms with van der Waals surface area (Å²) in [5.74, 6) is -3.68. The summed E-state index contributed by atoms with van der Waals surface area (Å²) in [5.41, 5.74) is -0.184. The van der Waals surface area contributed by atoms with Crippen LogP contribution in [0.1, 0.15) is 40.0 Å². The Hall–Kier alpha value is -4.07. The Labute approximate surface area is 226 Å². The molecule has 2 rings (SSSR count). The molecule has 0 heterocycles. The highest BCUT2D eigenvalue weighted by Gasteiger charge is 2.22. The van der Waals surface area contributed by atoms with Crippen molar-refractivity contribution in [3.8, 4) is 23.0 Å². The quantitative estimate of drug-likeness (QED) is 0.0905. The summed E-state index contributed by atoms with van der Waals surface area (Å²) in [7, 11) is 0. The number of carbonyl (C=O) groups excluding carboxylic acids is 3. The van der Waals surface area contributed by atoms with E-state index in [2.05, 4.69) is 26.6 Å². The van der Waals surface area contributed by atoms with Gasteiger partial charge in [-0.25, -0.2) is 0 Å². The van der Waals surface area contributed by atoms with Crippen LogP contribution in [0.4, 0.5) is 0 Å².